The number of amides is 1. The second-order valence-electron chi connectivity index (χ2n) is 3.10. The van der Waals surface area contributed by atoms with Crippen molar-refractivity contribution < 1.29 is 9.72 Å². The van der Waals surface area contributed by atoms with E-state index in [0.29, 0.717) is 4.47 Å². The highest BCUT2D eigenvalue weighted by Gasteiger charge is 2.20. The molecule has 0 saturated carbocycles. The summed E-state index contributed by atoms with van der Waals surface area (Å²) in [6.07, 6.45) is 1.19. The second-order valence-corrected chi connectivity index (χ2v) is 3.95. The van der Waals surface area contributed by atoms with Gasteiger partial charge in [0, 0.05) is 13.1 Å². The third-order valence-electron chi connectivity index (χ3n) is 1.91. The first-order valence-corrected chi connectivity index (χ1v) is 5.19. The van der Waals surface area contributed by atoms with Crippen LogP contribution >= 0.6 is 15.9 Å². The number of carbonyl (C=O) groups is 1. The first-order chi connectivity index (χ1) is 7.97. The summed E-state index contributed by atoms with van der Waals surface area (Å²) in [7, 11) is 1.43. The molecule has 0 aliphatic rings. The molecule has 88 valence electrons. The number of nitrogens with zero attached hydrogens (tertiary/aromatic N) is 4. The van der Waals surface area contributed by atoms with Gasteiger partial charge in [0.15, 0.2) is 6.20 Å². The normalized spacial score (nSPS) is 9.47. The van der Waals surface area contributed by atoms with Crippen LogP contribution in [-0.4, -0.2) is 34.3 Å². The third kappa shape index (κ3) is 2.98. The van der Waals surface area contributed by atoms with E-state index in [9.17, 15) is 14.9 Å². The standard InChI is InChI=1S/C9H7BrN4O3/c1-13(3-2-11)9(15)6-4-8(14(16)17)12-5-7(6)10/h4-5H,3H2,1H3. The minimum absolute atomic E-state index is 0.0958. The zero-order valence-corrected chi connectivity index (χ0v) is 10.3. The maximum Gasteiger partial charge on any atom is 0.364 e. The Bertz CT molecular complexity index is 511. The molecule has 0 fully saturated rings. The Morgan fingerprint density at radius 3 is 2.94 bits per heavy atom. The average Bonchev–Trinajstić information content (AvgIpc) is 2.28. The van der Waals surface area contributed by atoms with Crippen molar-refractivity contribution in [2.24, 2.45) is 0 Å². The van der Waals surface area contributed by atoms with Gasteiger partial charge < -0.3 is 15.0 Å². The zero-order chi connectivity index (χ0) is 13.0. The molecule has 0 unspecified atom stereocenters. The smallest absolute Gasteiger partial charge is 0.358 e. The predicted molar refractivity (Wildman–Crippen MR) is 61.2 cm³/mol. The lowest BCUT2D eigenvalue weighted by molar-refractivity contribution is -0.389. The van der Waals surface area contributed by atoms with Gasteiger partial charge in [-0.05, 0) is 25.8 Å². The van der Waals surface area contributed by atoms with Crippen LogP contribution in [0.25, 0.3) is 0 Å². The Hall–Kier alpha value is -2.01. The molecule has 0 N–H and O–H groups in total. The fourth-order valence-electron chi connectivity index (χ4n) is 1.07. The highest BCUT2D eigenvalue weighted by molar-refractivity contribution is 9.10. The highest BCUT2D eigenvalue weighted by atomic mass is 79.9. The Kier molecular flexibility index (Phi) is 4.12. The van der Waals surface area contributed by atoms with Gasteiger partial charge in [-0.2, -0.15) is 5.26 Å². The monoisotopic (exact) mass is 298 g/mol. The molecule has 0 aromatic carbocycles. The number of carbonyl (C=O) groups excluding carboxylic acids is 1. The molecule has 0 spiro atoms. The van der Waals surface area contributed by atoms with Gasteiger partial charge in [0.2, 0.25) is 0 Å². The van der Waals surface area contributed by atoms with Gasteiger partial charge in [0.1, 0.15) is 6.54 Å². The van der Waals surface area contributed by atoms with Crippen LogP contribution in [-0.2, 0) is 0 Å². The van der Waals surface area contributed by atoms with Crippen molar-refractivity contribution in [1.82, 2.24) is 9.88 Å². The van der Waals surface area contributed by atoms with Crippen molar-refractivity contribution in [2.45, 2.75) is 0 Å². The summed E-state index contributed by atoms with van der Waals surface area (Å²) in [5.41, 5.74) is 0.101. The highest BCUT2D eigenvalue weighted by Crippen LogP contribution is 2.21. The van der Waals surface area contributed by atoms with Crippen molar-refractivity contribution >= 4 is 27.7 Å². The van der Waals surface area contributed by atoms with Gasteiger partial charge in [0.05, 0.1) is 16.1 Å². The van der Waals surface area contributed by atoms with Crippen LogP contribution in [0.15, 0.2) is 16.7 Å². The minimum atomic E-state index is -0.687. The number of rotatable bonds is 3. The van der Waals surface area contributed by atoms with Crippen molar-refractivity contribution in [3.63, 3.8) is 0 Å². The molecule has 0 aliphatic carbocycles. The molecular formula is C9H7BrN4O3. The second kappa shape index (κ2) is 5.36. The van der Waals surface area contributed by atoms with Crippen molar-refractivity contribution in [1.29, 1.82) is 5.26 Å². The molecule has 1 amide bonds. The molecule has 0 bridgehead atoms. The lowest BCUT2D eigenvalue weighted by Crippen LogP contribution is -2.27. The van der Waals surface area contributed by atoms with E-state index < -0.39 is 16.6 Å². The molecule has 8 heteroatoms. The number of hydrogen-bond donors (Lipinski definition) is 0. The molecule has 0 radical (unpaired) electrons. The van der Waals surface area contributed by atoms with Crippen LogP contribution in [0.2, 0.25) is 0 Å². The van der Waals surface area contributed by atoms with Crippen molar-refractivity contribution in [2.75, 3.05) is 13.6 Å². The summed E-state index contributed by atoms with van der Waals surface area (Å²) >= 11 is 3.08. The number of nitriles is 1. The summed E-state index contributed by atoms with van der Waals surface area (Å²) in [6.45, 7) is -0.0958. The molecular weight excluding hydrogens is 292 g/mol. The summed E-state index contributed by atoms with van der Waals surface area (Å²) < 4.78 is 0.345. The molecule has 1 rings (SSSR count). The first kappa shape index (κ1) is 13.1. The maximum absolute atomic E-state index is 11.8. The van der Waals surface area contributed by atoms with Gasteiger partial charge in [-0.25, -0.2) is 0 Å². The first-order valence-electron chi connectivity index (χ1n) is 4.39. The van der Waals surface area contributed by atoms with Gasteiger partial charge in [-0.15, -0.1) is 0 Å². The number of pyridine rings is 1. The predicted octanol–water partition coefficient (Wildman–Crippen LogP) is 1.35. The topological polar surface area (TPSA) is 100 Å². The molecule has 17 heavy (non-hydrogen) atoms. The third-order valence-corrected chi connectivity index (χ3v) is 2.54. The number of nitro groups is 1. The van der Waals surface area contributed by atoms with E-state index in [4.69, 9.17) is 5.26 Å². The van der Waals surface area contributed by atoms with Gasteiger partial charge in [0.25, 0.3) is 5.91 Å². The van der Waals surface area contributed by atoms with Crippen LogP contribution in [0, 0.1) is 21.4 Å². The zero-order valence-electron chi connectivity index (χ0n) is 8.75. The molecule has 0 aliphatic heterocycles. The van der Waals surface area contributed by atoms with Crippen molar-refractivity contribution in [3.05, 3.63) is 32.4 Å². The van der Waals surface area contributed by atoms with E-state index in [0.717, 1.165) is 11.0 Å². The Morgan fingerprint density at radius 2 is 2.41 bits per heavy atom. The van der Waals surface area contributed by atoms with Gasteiger partial charge >= 0.3 is 5.82 Å². The summed E-state index contributed by atoms with van der Waals surface area (Å²) in [5, 5.41) is 19.0. The fraction of sp³-hybridized carbons (Fsp3) is 0.222. The fourth-order valence-corrected chi connectivity index (χ4v) is 1.46. The lowest BCUT2D eigenvalue weighted by atomic mass is 10.2. The van der Waals surface area contributed by atoms with Crippen LogP contribution in [0.1, 0.15) is 10.4 Å². The van der Waals surface area contributed by atoms with Crippen LogP contribution in [0.5, 0.6) is 0 Å². The summed E-state index contributed by atoms with van der Waals surface area (Å²) in [4.78, 5) is 26.4. The largest absolute Gasteiger partial charge is 0.364 e. The molecule has 7 nitrogen and oxygen atoms in total. The molecule has 1 aromatic heterocycles. The van der Waals surface area contributed by atoms with E-state index in [1.807, 2.05) is 6.07 Å². The van der Waals surface area contributed by atoms with Crippen molar-refractivity contribution in [3.8, 4) is 6.07 Å². The number of hydrogen-bond acceptors (Lipinski definition) is 5. The lowest BCUT2D eigenvalue weighted by Gasteiger charge is -2.13. The molecule has 1 heterocycles. The quantitative estimate of drug-likeness (QED) is 0.476. The van der Waals surface area contributed by atoms with E-state index in [-0.39, 0.29) is 12.1 Å². The molecule has 0 atom stereocenters. The van der Waals surface area contributed by atoms with E-state index in [2.05, 4.69) is 20.9 Å². The Balaban J connectivity index is 3.13. The minimum Gasteiger partial charge on any atom is -0.358 e. The van der Waals surface area contributed by atoms with Crippen LogP contribution < -0.4 is 0 Å². The number of halogens is 1. The summed E-state index contributed by atoms with van der Waals surface area (Å²) in [5.74, 6) is -0.897. The maximum atomic E-state index is 11.8. The van der Waals surface area contributed by atoms with Crippen LogP contribution in [0.4, 0.5) is 5.82 Å². The van der Waals surface area contributed by atoms with E-state index in [1.54, 1.807) is 0 Å². The summed E-state index contributed by atoms with van der Waals surface area (Å²) in [6, 6.07) is 2.88. The Labute approximate surface area is 105 Å². The molecule has 1 aromatic rings. The van der Waals surface area contributed by atoms with E-state index >= 15 is 0 Å². The van der Waals surface area contributed by atoms with Gasteiger partial charge in [-0.1, -0.05) is 0 Å². The van der Waals surface area contributed by atoms with Gasteiger partial charge in [-0.3, -0.25) is 4.79 Å². The van der Waals surface area contributed by atoms with Crippen LogP contribution in [0.3, 0.4) is 0 Å². The number of aromatic nitrogens is 1. The molecule has 0 saturated heterocycles. The Morgan fingerprint density at radius 1 is 1.76 bits per heavy atom. The van der Waals surface area contributed by atoms with E-state index in [1.165, 1.54) is 13.2 Å². The SMILES string of the molecule is CN(CC#N)C(=O)c1cc([N+](=O)[O-])ncc1Br. The average molecular weight is 299 g/mol.